The summed E-state index contributed by atoms with van der Waals surface area (Å²) in [5.41, 5.74) is 5.33. The van der Waals surface area contributed by atoms with Gasteiger partial charge in [-0.1, -0.05) is 0 Å². The lowest BCUT2D eigenvalue weighted by molar-refractivity contribution is -0.136. The smallest absolute Gasteiger partial charge is 0.252 e. The van der Waals surface area contributed by atoms with Crippen molar-refractivity contribution in [3.8, 4) is 22.7 Å². The molecule has 1 N–H and O–H groups in total. The van der Waals surface area contributed by atoms with Crippen LogP contribution < -0.4 is 10.1 Å². The van der Waals surface area contributed by atoms with Crippen molar-refractivity contribution >= 4 is 17.2 Å². The Labute approximate surface area is 196 Å². The molecule has 0 radical (unpaired) electrons. The van der Waals surface area contributed by atoms with E-state index in [4.69, 9.17) is 14.5 Å². The highest BCUT2D eigenvalue weighted by atomic mass is 16.5. The standard InChI is InChI=1S/C24H25N7O3/c1-15-3-6-30(28-15)18-10-16-9-17(11-18)25-5-8-29-19(12-21(33-2)24(29)32)14-34-22-4-7-31-23(27-22)20(16)13-26-31/h3-4,6-7,9-11,13,19,21,25H,5,8,12,14H2,1-2H3/t19-,21+/m0/s1. The second-order valence-electron chi connectivity index (χ2n) is 8.65. The quantitative estimate of drug-likeness (QED) is 0.491. The van der Waals surface area contributed by atoms with E-state index in [1.807, 2.05) is 41.2 Å². The number of carbonyl (C=O) groups is 1. The number of rotatable bonds is 2. The summed E-state index contributed by atoms with van der Waals surface area (Å²) in [6, 6.07) is 9.87. The first-order valence-corrected chi connectivity index (χ1v) is 11.3. The van der Waals surface area contributed by atoms with Gasteiger partial charge >= 0.3 is 0 Å². The van der Waals surface area contributed by atoms with Crippen molar-refractivity contribution in [2.24, 2.45) is 0 Å². The van der Waals surface area contributed by atoms with Gasteiger partial charge in [-0.15, -0.1) is 0 Å². The Kier molecular flexibility index (Phi) is 4.95. The van der Waals surface area contributed by atoms with Crippen LogP contribution in [-0.4, -0.2) is 74.1 Å². The highest BCUT2D eigenvalue weighted by Gasteiger charge is 2.39. The monoisotopic (exact) mass is 459 g/mol. The Morgan fingerprint density at radius 3 is 2.94 bits per heavy atom. The van der Waals surface area contributed by atoms with Crippen LogP contribution in [0.15, 0.2) is 48.9 Å². The SMILES string of the molecule is CO[C@@H]1C[C@H]2COc3ccn4ncc(c4n3)-c3cc(cc(-n4ccc(C)n4)c3)NCCN2C1=O. The predicted molar refractivity (Wildman–Crippen MR) is 125 cm³/mol. The van der Waals surface area contributed by atoms with Crippen molar-refractivity contribution in [1.29, 1.82) is 0 Å². The molecule has 10 nitrogen and oxygen atoms in total. The largest absolute Gasteiger partial charge is 0.475 e. The normalized spacial score (nSPS) is 20.2. The Morgan fingerprint density at radius 1 is 1.21 bits per heavy atom. The average Bonchev–Trinajstić information content (AvgIpc) is 3.54. The van der Waals surface area contributed by atoms with Gasteiger partial charge in [-0.2, -0.15) is 15.2 Å². The van der Waals surface area contributed by atoms with Crippen LogP contribution in [0, 0.1) is 6.92 Å². The van der Waals surface area contributed by atoms with E-state index < -0.39 is 6.10 Å². The molecule has 174 valence electrons. The molecule has 0 unspecified atom stereocenters. The van der Waals surface area contributed by atoms with Crippen molar-refractivity contribution in [3.05, 3.63) is 54.6 Å². The number of fused-ring (bicyclic) bond motifs is 5. The van der Waals surface area contributed by atoms with Crippen molar-refractivity contribution in [1.82, 2.24) is 29.3 Å². The Morgan fingerprint density at radius 2 is 2.12 bits per heavy atom. The van der Waals surface area contributed by atoms with Gasteiger partial charge in [0.15, 0.2) is 5.65 Å². The molecule has 5 heterocycles. The number of aromatic nitrogens is 5. The van der Waals surface area contributed by atoms with E-state index in [1.165, 1.54) is 0 Å². The molecule has 3 aromatic heterocycles. The minimum atomic E-state index is -0.445. The van der Waals surface area contributed by atoms with Crippen LogP contribution >= 0.6 is 0 Å². The van der Waals surface area contributed by atoms with E-state index in [0.29, 0.717) is 37.6 Å². The van der Waals surface area contributed by atoms with Gasteiger partial charge < -0.3 is 19.7 Å². The molecule has 34 heavy (non-hydrogen) atoms. The number of ether oxygens (including phenoxy) is 2. The van der Waals surface area contributed by atoms with E-state index in [-0.39, 0.29) is 11.9 Å². The molecular formula is C24H25N7O3. The number of hydrogen-bond donors (Lipinski definition) is 1. The maximum atomic E-state index is 12.9. The van der Waals surface area contributed by atoms with Crippen molar-refractivity contribution in [2.45, 2.75) is 25.5 Å². The number of nitrogens with zero attached hydrogens (tertiary/aromatic N) is 6. The molecule has 2 atom stereocenters. The number of carbonyl (C=O) groups excluding carboxylic acids is 1. The summed E-state index contributed by atoms with van der Waals surface area (Å²) in [6.07, 6.45) is 5.74. The number of nitrogens with one attached hydrogen (secondary N) is 1. The molecule has 1 fully saturated rings. The zero-order valence-corrected chi connectivity index (χ0v) is 19.0. The molecule has 6 rings (SSSR count). The lowest BCUT2D eigenvalue weighted by atomic mass is 10.1. The number of benzene rings is 1. The van der Waals surface area contributed by atoms with Gasteiger partial charge in [0.2, 0.25) is 5.88 Å². The van der Waals surface area contributed by atoms with Gasteiger partial charge in [-0.05, 0) is 36.8 Å². The number of amides is 1. The first-order chi connectivity index (χ1) is 16.6. The number of methoxy groups -OCH3 is 1. The number of hydrogen-bond acceptors (Lipinski definition) is 7. The first-order valence-electron chi connectivity index (χ1n) is 11.3. The second-order valence-corrected chi connectivity index (χ2v) is 8.65. The third-order valence-electron chi connectivity index (χ3n) is 6.43. The van der Waals surface area contributed by atoms with E-state index in [1.54, 1.807) is 17.7 Å². The molecule has 0 spiro atoms. The van der Waals surface area contributed by atoms with E-state index in [2.05, 4.69) is 33.7 Å². The fourth-order valence-corrected chi connectivity index (χ4v) is 4.69. The average molecular weight is 460 g/mol. The molecule has 2 aliphatic heterocycles. The van der Waals surface area contributed by atoms with E-state index >= 15 is 0 Å². The fourth-order valence-electron chi connectivity index (χ4n) is 4.69. The van der Waals surface area contributed by atoms with Crippen molar-refractivity contribution in [2.75, 3.05) is 32.1 Å². The van der Waals surface area contributed by atoms with Crippen LogP contribution in [0.3, 0.4) is 0 Å². The van der Waals surface area contributed by atoms with Gasteiger partial charge in [0.1, 0.15) is 12.7 Å². The van der Waals surface area contributed by atoms with Gasteiger partial charge in [0.05, 0.1) is 23.6 Å². The maximum absolute atomic E-state index is 12.9. The lowest BCUT2D eigenvalue weighted by Crippen LogP contribution is -2.41. The Balaban J connectivity index is 1.46. The van der Waals surface area contributed by atoms with Crippen LogP contribution in [0.1, 0.15) is 12.1 Å². The molecule has 4 bridgehead atoms. The molecule has 1 saturated heterocycles. The maximum Gasteiger partial charge on any atom is 0.252 e. The highest BCUT2D eigenvalue weighted by molar-refractivity contribution is 5.84. The third kappa shape index (κ3) is 3.56. The number of anilines is 1. The van der Waals surface area contributed by atoms with Gasteiger partial charge in [-0.3, -0.25) is 4.79 Å². The summed E-state index contributed by atoms with van der Waals surface area (Å²) >= 11 is 0. The van der Waals surface area contributed by atoms with Crippen molar-refractivity contribution in [3.63, 3.8) is 0 Å². The van der Waals surface area contributed by atoms with E-state index in [9.17, 15) is 4.79 Å². The fraction of sp³-hybridized carbons (Fsp3) is 0.333. The summed E-state index contributed by atoms with van der Waals surface area (Å²) in [5.74, 6) is 0.490. The van der Waals surface area contributed by atoms with Crippen LogP contribution in [-0.2, 0) is 9.53 Å². The van der Waals surface area contributed by atoms with Gasteiger partial charge in [0, 0.05) is 56.3 Å². The summed E-state index contributed by atoms with van der Waals surface area (Å²) < 4.78 is 15.1. The molecule has 0 saturated carbocycles. The minimum Gasteiger partial charge on any atom is -0.475 e. The minimum absolute atomic E-state index is 0.00654. The third-order valence-corrected chi connectivity index (χ3v) is 6.43. The Hall–Kier alpha value is -3.92. The Bertz CT molecular complexity index is 1380. The van der Waals surface area contributed by atoms with Gasteiger partial charge in [0.25, 0.3) is 5.91 Å². The highest BCUT2D eigenvalue weighted by Crippen LogP contribution is 2.30. The van der Waals surface area contributed by atoms with E-state index in [0.717, 1.165) is 28.2 Å². The van der Waals surface area contributed by atoms with Crippen LogP contribution in [0.5, 0.6) is 5.88 Å². The zero-order chi connectivity index (χ0) is 23.2. The molecule has 4 aromatic rings. The molecule has 0 aliphatic carbocycles. The van der Waals surface area contributed by atoms with Crippen LogP contribution in [0.25, 0.3) is 22.5 Å². The van der Waals surface area contributed by atoms with Crippen molar-refractivity contribution < 1.29 is 14.3 Å². The lowest BCUT2D eigenvalue weighted by Gasteiger charge is -2.25. The molecule has 10 heteroatoms. The molecule has 1 amide bonds. The molecule has 1 aromatic carbocycles. The predicted octanol–water partition coefficient (Wildman–Crippen LogP) is 2.31. The zero-order valence-electron chi connectivity index (χ0n) is 19.0. The van der Waals surface area contributed by atoms with Gasteiger partial charge in [-0.25, -0.2) is 9.20 Å². The first kappa shape index (κ1) is 20.7. The summed E-state index contributed by atoms with van der Waals surface area (Å²) in [6.45, 7) is 3.45. The summed E-state index contributed by atoms with van der Waals surface area (Å²) in [4.78, 5) is 19.4. The molecular weight excluding hydrogens is 434 g/mol. The molecule has 2 aliphatic rings. The summed E-state index contributed by atoms with van der Waals surface area (Å²) in [5, 5.41) is 12.5. The topological polar surface area (TPSA) is 98.8 Å². The van der Waals surface area contributed by atoms with Crippen LogP contribution in [0.4, 0.5) is 5.69 Å². The summed E-state index contributed by atoms with van der Waals surface area (Å²) in [7, 11) is 1.57. The number of aryl methyl sites for hydroxylation is 1. The van der Waals surface area contributed by atoms with Crippen LogP contribution in [0.2, 0.25) is 0 Å². The second kappa shape index (κ2) is 8.14.